The minimum absolute atomic E-state index is 0. The van der Waals surface area contributed by atoms with Gasteiger partial charge in [-0.25, -0.2) is 0 Å². The van der Waals surface area contributed by atoms with Gasteiger partial charge >= 0.3 is 17.9 Å². The van der Waals surface area contributed by atoms with Crippen molar-refractivity contribution in [3.63, 3.8) is 0 Å². The van der Waals surface area contributed by atoms with Gasteiger partial charge in [0.1, 0.15) is 0 Å². The molecule has 0 aliphatic heterocycles. The van der Waals surface area contributed by atoms with Crippen LogP contribution in [0.2, 0.25) is 0 Å². The van der Waals surface area contributed by atoms with E-state index in [9.17, 15) is 14.4 Å². The first-order chi connectivity index (χ1) is 5.91. The predicted molar refractivity (Wildman–Crippen MR) is 62.4 cm³/mol. The summed E-state index contributed by atoms with van der Waals surface area (Å²) in [6, 6.07) is 0. The zero-order valence-corrected chi connectivity index (χ0v) is 18.6. The van der Waals surface area contributed by atoms with Gasteiger partial charge in [-0.2, -0.15) is 0 Å². The second-order valence-corrected chi connectivity index (χ2v) is 2.33. The maximum absolute atomic E-state index is 10.1. The molecular formula is C6H9NNa4O6. The van der Waals surface area contributed by atoms with Crippen molar-refractivity contribution in [3.8, 4) is 0 Å². The first-order valence-corrected chi connectivity index (χ1v) is 3.29. The van der Waals surface area contributed by atoms with E-state index in [0.29, 0.717) is 0 Å². The molecule has 0 aromatic carbocycles. The van der Waals surface area contributed by atoms with Crippen LogP contribution in [0.1, 0.15) is 0 Å². The molecule has 78 valence electrons. The summed E-state index contributed by atoms with van der Waals surface area (Å²) < 4.78 is 0. The van der Waals surface area contributed by atoms with E-state index in [0.717, 1.165) is 4.90 Å². The quantitative estimate of drug-likeness (QED) is 0.445. The molecule has 0 amide bonds. The average Bonchev–Trinajstić information content (AvgIpc) is 1.80. The largest absolute Gasteiger partial charge is 0.480 e. The average molecular weight is 283 g/mol. The maximum atomic E-state index is 10.1. The normalized spacial score (nSPS) is 7.59. The maximum Gasteiger partial charge on any atom is 0.317 e. The Kier molecular flexibility index (Phi) is 34.2. The van der Waals surface area contributed by atoms with E-state index in [2.05, 4.69) is 0 Å². The Morgan fingerprint density at radius 3 is 0.941 bits per heavy atom. The number of carbonyl (C=O) groups is 3. The molecule has 0 atom stereocenters. The van der Waals surface area contributed by atoms with Crippen LogP contribution < -0.4 is 0 Å². The van der Waals surface area contributed by atoms with Crippen LogP contribution in [0.5, 0.6) is 0 Å². The molecule has 11 heteroatoms. The fourth-order valence-corrected chi connectivity index (χ4v) is 0.742. The minimum atomic E-state index is -1.26. The van der Waals surface area contributed by atoms with E-state index in [1.54, 1.807) is 0 Å². The molecule has 3 N–H and O–H groups in total. The third kappa shape index (κ3) is 23.8. The van der Waals surface area contributed by atoms with Crippen molar-refractivity contribution in [3.05, 3.63) is 0 Å². The molecule has 0 saturated heterocycles. The van der Waals surface area contributed by atoms with Crippen molar-refractivity contribution >= 4 is 136 Å². The van der Waals surface area contributed by atoms with E-state index < -0.39 is 37.5 Å². The molecule has 0 rings (SSSR count). The summed E-state index contributed by atoms with van der Waals surface area (Å²) in [5.41, 5.74) is 0. The standard InChI is InChI=1S/C6H9NO6.4Na/c8-4(9)1-7(2-5(10)11)3-6(12)13;;;;/h1-3H2,(H,8,9)(H,10,11)(H,12,13);;;;. The van der Waals surface area contributed by atoms with Crippen LogP contribution in [-0.4, -0.2) is 176 Å². The third-order valence-electron chi connectivity index (χ3n) is 1.08. The smallest absolute Gasteiger partial charge is 0.317 e. The van der Waals surface area contributed by atoms with Gasteiger partial charge in [-0.3, -0.25) is 19.3 Å². The molecule has 0 aliphatic rings. The zero-order valence-electron chi connectivity index (χ0n) is 10.6. The number of carboxylic acid groups (broad SMARTS) is 3. The van der Waals surface area contributed by atoms with Crippen molar-refractivity contribution in [2.45, 2.75) is 0 Å². The molecule has 0 saturated carbocycles. The van der Waals surface area contributed by atoms with Crippen LogP contribution >= 0.6 is 0 Å². The van der Waals surface area contributed by atoms with Crippen molar-refractivity contribution in [1.82, 2.24) is 4.90 Å². The van der Waals surface area contributed by atoms with E-state index in [1.807, 2.05) is 0 Å². The molecule has 0 aliphatic carbocycles. The van der Waals surface area contributed by atoms with Crippen molar-refractivity contribution in [1.29, 1.82) is 0 Å². The number of hydrogen-bond donors (Lipinski definition) is 3. The van der Waals surface area contributed by atoms with Crippen LogP contribution in [-0.2, 0) is 14.4 Å². The Bertz CT molecular complexity index is 201. The minimum Gasteiger partial charge on any atom is -0.480 e. The summed E-state index contributed by atoms with van der Waals surface area (Å²) in [7, 11) is 0. The number of hydrogen-bond acceptors (Lipinski definition) is 4. The number of carboxylic acids is 3. The molecular weight excluding hydrogens is 274 g/mol. The zero-order chi connectivity index (χ0) is 10.4. The SMILES string of the molecule is O=C(O)CN(CC(=O)O)CC(=O)O.[Na].[Na].[Na].[Na]. The van der Waals surface area contributed by atoms with Crippen LogP contribution in [0.3, 0.4) is 0 Å². The molecule has 0 fully saturated rings. The predicted octanol–water partition coefficient (Wildman–Crippen LogP) is -2.98. The molecule has 17 heavy (non-hydrogen) atoms. The summed E-state index contributed by atoms with van der Waals surface area (Å²) in [6.45, 7) is -1.80. The Morgan fingerprint density at radius 2 is 0.824 bits per heavy atom. The van der Waals surface area contributed by atoms with E-state index in [1.165, 1.54) is 0 Å². The van der Waals surface area contributed by atoms with Gasteiger partial charge in [0.15, 0.2) is 0 Å². The molecule has 0 aromatic heterocycles. The van der Waals surface area contributed by atoms with Gasteiger partial charge in [-0.05, 0) is 0 Å². The molecule has 4 radical (unpaired) electrons. The number of nitrogens with zero attached hydrogens (tertiary/aromatic N) is 1. The van der Waals surface area contributed by atoms with E-state index in [4.69, 9.17) is 15.3 Å². The van der Waals surface area contributed by atoms with Gasteiger partial charge in [-0.1, -0.05) is 0 Å². The van der Waals surface area contributed by atoms with Crippen LogP contribution in [0.25, 0.3) is 0 Å². The van der Waals surface area contributed by atoms with Crippen molar-refractivity contribution < 1.29 is 29.7 Å². The number of aliphatic carboxylic acids is 3. The third-order valence-corrected chi connectivity index (χ3v) is 1.08. The Hall–Kier alpha value is 2.37. The van der Waals surface area contributed by atoms with Gasteiger partial charge in [0.2, 0.25) is 0 Å². The summed E-state index contributed by atoms with van der Waals surface area (Å²) in [4.78, 5) is 31.2. The molecule has 7 nitrogen and oxygen atoms in total. The van der Waals surface area contributed by atoms with Crippen LogP contribution in [0.4, 0.5) is 0 Å². The molecule has 0 spiro atoms. The van der Waals surface area contributed by atoms with Crippen LogP contribution in [0.15, 0.2) is 0 Å². The first kappa shape index (κ1) is 31.7. The van der Waals surface area contributed by atoms with Gasteiger partial charge in [0, 0.05) is 118 Å². The van der Waals surface area contributed by atoms with E-state index >= 15 is 0 Å². The van der Waals surface area contributed by atoms with Crippen molar-refractivity contribution in [2.75, 3.05) is 19.6 Å². The second kappa shape index (κ2) is 18.4. The first-order valence-electron chi connectivity index (χ1n) is 3.29. The summed E-state index contributed by atoms with van der Waals surface area (Å²) in [6.07, 6.45) is 0. The monoisotopic (exact) mass is 283 g/mol. The molecule has 0 heterocycles. The van der Waals surface area contributed by atoms with Gasteiger partial charge in [0.25, 0.3) is 0 Å². The Labute approximate surface area is 187 Å². The summed E-state index contributed by atoms with van der Waals surface area (Å²) in [5, 5.41) is 24.8. The van der Waals surface area contributed by atoms with Gasteiger partial charge in [-0.15, -0.1) is 0 Å². The topological polar surface area (TPSA) is 115 Å². The second-order valence-electron chi connectivity index (χ2n) is 2.33. The van der Waals surface area contributed by atoms with Gasteiger partial charge in [0.05, 0.1) is 19.6 Å². The number of rotatable bonds is 6. The van der Waals surface area contributed by atoms with Crippen molar-refractivity contribution in [2.24, 2.45) is 0 Å². The molecule has 0 bridgehead atoms. The molecule has 0 aromatic rings. The van der Waals surface area contributed by atoms with E-state index in [-0.39, 0.29) is 118 Å². The Balaban J connectivity index is -0.000000120. The van der Waals surface area contributed by atoms with Gasteiger partial charge < -0.3 is 15.3 Å². The Morgan fingerprint density at radius 1 is 0.647 bits per heavy atom. The van der Waals surface area contributed by atoms with Crippen LogP contribution in [0, 0.1) is 0 Å². The summed E-state index contributed by atoms with van der Waals surface area (Å²) >= 11 is 0. The summed E-state index contributed by atoms with van der Waals surface area (Å²) in [5.74, 6) is -3.78. The fourth-order valence-electron chi connectivity index (χ4n) is 0.742. The fraction of sp³-hybridized carbons (Fsp3) is 0.500. The molecule has 0 unspecified atom stereocenters.